The molecular formula is C15H21N. The van der Waals surface area contributed by atoms with Crippen molar-refractivity contribution < 1.29 is 0 Å². The number of fused-ring (bicyclic) bond motifs is 2. The van der Waals surface area contributed by atoms with Gasteiger partial charge in [-0.25, -0.2) is 0 Å². The van der Waals surface area contributed by atoms with Gasteiger partial charge >= 0.3 is 0 Å². The third-order valence-electron chi connectivity index (χ3n) is 4.43. The first kappa shape index (κ1) is 10.2. The lowest BCUT2D eigenvalue weighted by molar-refractivity contribution is 0.440. The van der Waals surface area contributed by atoms with E-state index in [1.54, 1.807) is 0 Å². The molecule has 2 fully saturated rings. The van der Waals surface area contributed by atoms with Crippen molar-refractivity contribution >= 4 is 5.69 Å². The Hall–Kier alpha value is -0.980. The predicted octanol–water partition coefficient (Wildman–Crippen LogP) is 3.85. The van der Waals surface area contributed by atoms with Crippen LogP contribution in [0.4, 0.5) is 5.69 Å². The zero-order chi connectivity index (χ0) is 11.0. The van der Waals surface area contributed by atoms with Crippen LogP contribution in [0, 0.1) is 11.8 Å². The maximum Gasteiger partial charge on any atom is 0.0345 e. The normalized spacial score (nSPS) is 31.9. The molecule has 0 aliphatic heterocycles. The zero-order valence-electron chi connectivity index (χ0n) is 10.1. The van der Waals surface area contributed by atoms with Crippen molar-refractivity contribution in [1.82, 2.24) is 0 Å². The molecule has 0 amide bonds. The van der Waals surface area contributed by atoms with Crippen molar-refractivity contribution in [3.05, 3.63) is 29.8 Å². The highest BCUT2D eigenvalue weighted by molar-refractivity contribution is 5.47. The highest BCUT2D eigenvalue weighted by Crippen LogP contribution is 2.45. The van der Waals surface area contributed by atoms with Gasteiger partial charge in [0.05, 0.1) is 0 Å². The molecule has 1 nitrogen and oxygen atoms in total. The lowest BCUT2D eigenvalue weighted by Gasteiger charge is -2.24. The lowest BCUT2D eigenvalue weighted by atomic mass is 9.95. The molecule has 16 heavy (non-hydrogen) atoms. The highest BCUT2D eigenvalue weighted by Gasteiger charge is 2.39. The van der Waals surface area contributed by atoms with Gasteiger partial charge in [-0.3, -0.25) is 0 Å². The minimum Gasteiger partial charge on any atom is -0.382 e. The van der Waals surface area contributed by atoms with E-state index in [1.165, 1.54) is 36.9 Å². The van der Waals surface area contributed by atoms with Gasteiger partial charge in [-0.2, -0.15) is 0 Å². The third kappa shape index (κ3) is 1.83. The summed E-state index contributed by atoms with van der Waals surface area (Å²) in [5, 5.41) is 3.75. The molecule has 1 aromatic rings. The van der Waals surface area contributed by atoms with E-state index in [2.05, 4.69) is 36.5 Å². The van der Waals surface area contributed by atoms with Crippen molar-refractivity contribution in [3.8, 4) is 0 Å². The first-order valence-electron chi connectivity index (χ1n) is 6.70. The van der Waals surface area contributed by atoms with Crippen molar-refractivity contribution in [2.75, 3.05) is 5.32 Å². The van der Waals surface area contributed by atoms with Gasteiger partial charge in [0.15, 0.2) is 0 Å². The molecule has 0 heterocycles. The van der Waals surface area contributed by atoms with Crippen LogP contribution >= 0.6 is 0 Å². The first-order chi connectivity index (χ1) is 7.85. The van der Waals surface area contributed by atoms with Crippen LogP contribution in [0.1, 0.15) is 38.2 Å². The van der Waals surface area contributed by atoms with Crippen LogP contribution < -0.4 is 5.32 Å². The van der Waals surface area contributed by atoms with E-state index >= 15 is 0 Å². The van der Waals surface area contributed by atoms with Crippen LogP contribution in [-0.2, 0) is 6.42 Å². The van der Waals surface area contributed by atoms with Crippen molar-refractivity contribution in [1.29, 1.82) is 0 Å². The summed E-state index contributed by atoms with van der Waals surface area (Å²) in [4.78, 5) is 0. The molecular weight excluding hydrogens is 194 g/mol. The number of hydrogen-bond donors (Lipinski definition) is 1. The quantitative estimate of drug-likeness (QED) is 0.807. The molecule has 1 heteroatoms. The maximum atomic E-state index is 3.75. The fraction of sp³-hybridized carbons (Fsp3) is 0.600. The third-order valence-corrected chi connectivity index (χ3v) is 4.43. The Balaban J connectivity index is 1.69. The van der Waals surface area contributed by atoms with Crippen molar-refractivity contribution in [2.45, 2.75) is 45.1 Å². The van der Waals surface area contributed by atoms with Gasteiger partial charge in [0.25, 0.3) is 0 Å². The maximum absolute atomic E-state index is 3.75. The SMILES string of the molecule is CCc1cccc(N[C@@H]2C[C@H]3CC[C@H]2C3)c1. The Labute approximate surface area is 98.3 Å². The smallest absolute Gasteiger partial charge is 0.0345 e. The Kier molecular flexibility index (Phi) is 2.62. The second-order valence-electron chi connectivity index (χ2n) is 5.48. The summed E-state index contributed by atoms with van der Waals surface area (Å²) in [5.41, 5.74) is 2.77. The Bertz CT molecular complexity index is 371. The van der Waals surface area contributed by atoms with Gasteiger partial charge in [-0.05, 0) is 55.2 Å². The highest BCUT2D eigenvalue weighted by atomic mass is 14.9. The number of nitrogens with one attached hydrogen (secondary N) is 1. The fourth-order valence-corrected chi connectivity index (χ4v) is 3.52. The van der Waals surface area contributed by atoms with E-state index in [4.69, 9.17) is 0 Å². The average molecular weight is 215 g/mol. The Morgan fingerprint density at radius 2 is 2.19 bits per heavy atom. The topological polar surface area (TPSA) is 12.0 Å². The minimum absolute atomic E-state index is 0.755. The number of hydrogen-bond acceptors (Lipinski definition) is 1. The summed E-state index contributed by atoms with van der Waals surface area (Å²) in [7, 11) is 0. The van der Waals surface area contributed by atoms with Crippen LogP contribution in [0.5, 0.6) is 0 Å². The lowest BCUT2D eigenvalue weighted by Crippen LogP contribution is -2.25. The number of anilines is 1. The van der Waals surface area contributed by atoms with E-state index in [0.717, 1.165) is 24.3 Å². The monoisotopic (exact) mass is 215 g/mol. The molecule has 3 atom stereocenters. The summed E-state index contributed by atoms with van der Waals surface area (Å²) >= 11 is 0. The number of rotatable bonds is 3. The molecule has 0 aromatic heterocycles. The molecule has 86 valence electrons. The fourth-order valence-electron chi connectivity index (χ4n) is 3.52. The predicted molar refractivity (Wildman–Crippen MR) is 68.7 cm³/mol. The van der Waals surface area contributed by atoms with Crippen LogP contribution in [0.3, 0.4) is 0 Å². The van der Waals surface area contributed by atoms with Crippen LogP contribution in [0.2, 0.25) is 0 Å². The molecule has 1 aromatic carbocycles. The van der Waals surface area contributed by atoms with Crippen LogP contribution in [-0.4, -0.2) is 6.04 Å². The molecule has 3 rings (SSSR count). The molecule has 2 aliphatic rings. The van der Waals surface area contributed by atoms with Crippen LogP contribution in [0.25, 0.3) is 0 Å². The van der Waals surface area contributed by atoms with Crippen LogP contribution in [0.15, 0.2) is 24.3 Å². The molecule has 2 bridgehead atoms. The Morgan fingerprint density at radius 1 is 1.25 bits per heavy atom. The molecule has 0 radical (unpaired) electrons. The molecule has 0 spiro atoms. The van der Waals surface area contributed by atoms with Gasteiger partial charge in [-0.1, -0.05) is 25.5 Å². The summed E-state index contributed by atoms with van der Waals surface area (Å²) in [6, 6.07) is 9.67. The van der Waals surface area contributed by atoms with Gasteiger partial charge in [0, 0.05) is 11.7 Å². The van der Waals surface area contributed by atoms with Gasteiger partial charge in [0.1, 0.15) is 0 Å². The largest absolute Gasteiger partial charge is 0.382 e. The summed E-state index contributed by atoms with van der Waals surface area (Å²) in [6.45, 7) is 2.22. The van der Waals surface area contributed by atoms with Crippen molar-refractivity contribution in [3.63, 3.8) is 0 Å². The number of benzene rings is 1. The molecule has 0 unspecified atom stereocenters. The molecule has 2 aliphatic carbocycles. The summed E-state index contributed by atoms with van der Waals surface area (Å²) < 4.78 is 0. The van der Waals surface area contributed by atoms with Crippen molar-refractivity contribution in [2.24, 2.45) is 11.8 Å². The average Bonchev–Trinajstić information content (AvgIpc) is 2.91. The summed E-state index contributed by atoms with van der Waals surface area (Å²) in [6.07, 6.45) is 6.95. The molecule has 2 saturated carbocycles. The second-order valence-corrected chi connectivity index (χ2v) is 5.48. The standard InChI is InChI=1S/C15H21N/c1-2-11-4-3-5-14(9-11)16-15-10-12-6-7-13(15)8-12/h3-5,9,12-13,15-16H,2,6-8,10H2,1H3/t12-,13-,15+/m0/s1. The Morgan fingerprint density at radius 3 is 2.88 bits per heavy atom. The minimum atomic E-state index is 0.755. The van der Waals surface area contributed by atoms with Gasteiger partial charge in [-0.15, -0.1) is 0 Å². The van der Waals surface area contributed by atoms with Gasteiger partial charge in [0.2, 0.25) is 0 Å². The van der Waals surface area contributed by atoms with E-state index in [-0.39, 0.29) is 0 Å². The first-order valence-corrected chi connectivity index (χ1v) is 6.70. The van der Waals surface area contributed by atoms with Gasteiger partial charge < -0.3 is 5.32 Å². The molecule has 1 N–H and O–H groups in total. The number of aryl methyl sites for hydroxylation is 1. The van der Waals surface area contributed by atoms with E-state index in [1.807, 2.05) is 0 Å². The van der Waals surface area contributed by atoms with E-state index in [9.17, 15) is 0 Å². The summed E-state index contributed by atoms with van der Waals surface area (Å²) in [5.74, 6) is 1.98. The molecule has 0 saturated heterocycles. The second kappa shape index (κ2) is 4.12. The van der Waals surface area contributed by atoms with E-state index in [0.29, 0.717) is 0 Å². The zero-order valence-corrected chi connectivity index (χ0v) is 10.1. The van der Waals surface area contributed by atoms with E-state index < -0.39 is 0 Å².